The predicted octanol–water partition coefficient (Wildman–Crippen LogP) is 5.77. The van der Waals surface area contributed by atoms with Gasteiger partial charge in [0, 0.05) is 35.3 Å². The maximum absolute atomic E-state index is 13.4. The third-order valence-electron chi connectivity index (χ3n) is 5.87. The molecule has 0 saturated heterocycles. The van der Waals surface area contributed by atoms with E-state index in [1.165, 1.54) is 18.5 Å². The van der Waals surface area contributed by atoms with Crippen LogP contribution in [-0.4, -0.2) is 46.3 Å². The van der Waals surface area contributed by atoms with Crippen LogP contribution in [0.15, 0.2) is 60.9 Å². The number of hydrogen-bond donors (Lipinski definition) is 1. The molecule has 4 aromatic rings. The second-order valence-electron chi connectivity index (χ2n) is 8.95. The number of thiophene rings is 1. The number of benzene rings is 2. The minimum absolute atomic E-state index is 0.00892. The monoisotopic (exact) mass is 537 g/mol. The SMILES string of the molecule is CN(C)C/C=C/C(=O)N1Cc2sc3ncnc(Nc4ccc(OCc5cccc(F)c5)c(Cl)c4)c3c2C1. The third-order valence-corrected chi connectivity index (χ3v) is 7.29. The highest BCUT2D eigenvalue weighted by molar-refractivity contribution is 7.19. The van der Waals surface area contributed by atoms with Crippen molar-refractivity contribution in [3.63, 3.8) is 0 Å². The molecule has 10 heteroatoms. The van der Waals surface area contributed by atoms with Gasteiger partial charge in [-0.05, 0) is 50.0 Å². The van der Waals surface area contributed by atoms with Gasteiger partial charge in [-0.2, -0.15) is 0 Å². The van der Waals surface area contributed by atoms with Crippen molar-refractivity contribution >= 4 is 50.6 Å². The van der Waals surface area contributed by atoms with Gasteiger partial charge in [-0.25, -0.2) is 14.4 Å². The van der Waals surface area contributed by atoms with Crippen LogP contribution in [0.25, 0.3) is 10.2 Å². The summed E-state index contributed by atoms with van der Waals surface area (Å²) in [4.78, 5) is 27.4. The lowest BCUT2D eigenvalue weighted by atomic mass is 10.2. The van der Waals surface area contributed by atoms with Crippen LogP contribution in [0.4, 0.5) is 15.9 Å². The van der Waals surface area contributed by atoms with E-state index in [9.17, 15) is 9.18 Å². The van der Waals surface area contributed by atoms with Crippen LogP contribution in [0.1, 0.15) is 16.0 Å². The number of fused-ring (bicyclic) bond motifs is 3. The first-order valence-electron chi connectivity index (χ1n) is 11.7. The van der Waals surface area contributed by atoms with Gasteiger partial charge in [0.05, 0.1) is 17.0 Å². The first kappa shape index (κ1) is 25.1. The lowest BCUT2D eigenvalue weighted by Gasteiger charge is -2.14. The molecule has 5 rings (SSSR count). The number of carbonyl (C=O) groups excluding carboxylic acids is 1. The number of nitrogens with zero attached hydrogens (tertiary/aromatic N) is 4. The molecule has 37 heavy (non-hydrogen) atoms. The number of anilines is 2. The van der Waals surface area contributed by atoms with Gasteiger partial charge >= 0.3 is 0 Å². The third kappa shape index (κ3) is 5.74. The number of halogens is 2. The summed E-state index contributed by atoms with van der Waals surface area (Å²) in [6.07, 6.45) is 5.04. The van der Waals surface area contributed by atoms with Gasteiger partial charge in [0.2, 0.25) is 5.91 Å². The fraction of sp³-hybridized carbons (Fsp3) is 0.222. The molecule has 1 amide bonds. The van der Waals surface area contributed by atoms with E-state index in [4.69, 9.17) is 16.3 Å². The van der Waals surface area contributed by atoms with Crippen molar-refractivity contribution < 1.29 is 13.9 Å². The van der Waals surface area contributed by atoms with E-state index in [1.807, 2.05) is 36.0 Å². The molecule has 0 atom stereocenters. The smallest absolute Gasteiger partial charge is 0.246 e. The van der Waals surface area contributed by atoms with Gasteiger partial charge in [-0.1, -0.05) is 29.8 Å². The molecule has 0 aliphatic carbocycles. The number of likely N-dealkylation sites (N-methyl/N-ethyl adjacent to an activating group) is 1. The van der Waals surface area contributed by atoms with Gasteiger partial charge in [0.1, 0.15) is 35.1 Å². The zero-order valence-electron chi connectivity index (χ0n) is 20.4. The van der Waals surface area contributed by atoms with Crippen molar-refractivity contribution in [1.82, 2.24) is 19.8 Å². The number of aromatic nitrogens is 2. The molecule has 1 aliphatic heterocycles. The average Bonchev–Trinajstić information content (AvgIpc) is 3.42. The first-order chi connectivity index (χ1) is 17.9. The molecule has 7 nitrogen and oxygen atoms in total. The molecule has 2 aromatic carbocycles. The molecule has 1 N–H and O–H groups in total. The molecule has 0 bridgehead atoms. The molecule has 1 aliphatic rings. The molecule has 3 heterocycles. The van der Waals surface area contributed by atoms with E-state index in [-0.39, 0.29) is 18.3 Å². The van der Waals surface area contributed by atoms with Crippen LogP contribution in [0.2, 0.25) is 5.02 Å². The van der Waals surface area contributed by atoms with Crippen molar-refractivity contribution in [2.24, 2.45) is 0 Å². The van der Waals surface area contributed by atoms with Gasteiger partial charge in [0.15, 0.2) is 0 Å². The minimum atomic E-state index is -0.309. The Morgan fingerprint density at radius 1 is 1.24 bits per heavy atom. The maximum Gasteiger partial charge on any atom is 0.246 e. The number of ether oxygens (including phenoxy) is 1. The van der Waals surface area contributed by atoms with Crippen molar-refractivity contribution in [2.75, 3.05) is 26.0 Å². The number of hydrogen-bond acceptors (Lipinski definition) is 7. The Labute approximate surface area is 223 Å². The highest BCUT2D eigenvalue weighted by atomic mass is 35.5. The topological polar surface area (TPSA) is 70.6 Å². The lowest BCUT2D eigenvalue weighted by Crippen LogP contribution is -2.23. The molecule has 0 unspecified atom stereocenters. The Balaban J connectivity index is 1.31. The highest BCUT2D eigenvalue weighted by Crippen LogP contribution is 2.40. The fourth-order valence-corrected chi connectivity index (χ4v) is 5.49. The van der Waals surface area contributed by atoms with Crippen LogP contribution in [0.3, 0.4) is 0 Å². The summed E-state index contributed by atoms with van der Waals surface area (Å²) in [5, 5.41) is 4.68. The van der Waals surface area contributed by atoms with Crippen LogP contribution < -0.4 is 10.1 Å². The van der Waals surface area contributed by atoms with Gasteiger partial charge in [-0.3, -0.25) is 4.79 Å². The van der Waals surface area contributed by atoms with Crippen molar-refractivity contribution in [3.05, 3.63) is 87.8 Å². The van der Waals surface area contributed by atoms with E-state index >= 15 is 0 Å². The summed E-state index contributed by atoms with van der Waals surface area (Å²) in [6.45, 7) is 1.99. The van der Waals surface area contributed by atoms with Gasteiger partial charge < -0.3 is 19.9 Å². The summed E-state index contributed by atoms with van der Waals surface area (Å²) in [5.41, 5.74) is 2.52. The van der Waals surface area contributed by atoms with E-state index in [2.05, 4.69) is 15.3 Å². The molecule has 190 valence electrons. The van der Waals surface area contributed by atoms with E-state index in [0.29, 0.717) is 41.8 Å². The van der Waals surface area contributed by atoms with Crippen LogP contribution in [-0.2, 0) is 24.5 Å². The molecular formula is C27H25ClFN5O2S. The zero-order chi connectivity index (χ0) is 25.9. The van der Waals surface area contributed by atoms with E-state index in [0.717, 1.165) is 26.3 Å². The summed E-state index contributed by atoms with van der Waals surface area (Å²) in [5.74, 6) is 0.836. The number of amides is 1. The van der Waals surface area contributed by atoms with E-state index in [1.54, 1.807) is 41.7 Å². The molecule has 0 radical (unpaired) electrons. The highest BCUT2D eigenvalue weighted by Gasteiger charge is 2.28. The van der Waals surface area contributed by atoms with E-state index < -0.39 is 0 Å². The lowest BCUT2D eigenvalue weighted by molar-refractivity contribution is -0.126. The predicted molar refractivity (Wildman–Crippen MR) is 145 cm³/mol. The quantitative estimate of drug-likeness (QED) is 0.288. The van der Waals surface area contributed by atoms with Crippen molar-refractivity contribution in [1.29, 1.82) is 0 Å². The van der Waals surface area contributed by atoms with Crippen molar-refractivity contribution in [3.8, 4) is 5.75 Å². The number of nitrogens with one attached hydrogen (secondary N) is 1. The second-order valence-corrected chi connectivity index (χ2v) is 10.4. The fourth-order valence-electron chi connectivity index (χ4n) is 4.09. The molecule has 0 saturated carbocycles. The Morgan fingerprint density at radius 3 is 2.89 bits per heavy atom. The molecule has 0 fully saturated rings. The minimum Gasteiger partial charge on any atom is -0.487 e. The zero-order valence-corrected chi connectivity index (χ0v) is 21.9. The molecule has 2 aromatic heterocycles. The number of rotatable bonds is 8. The largest absolute Gasteiger partial charge is 0.487 e. The Morgan fingerprint density at radius 2 is 2.11 bits per heavy atom. The Kier molecular flexibility index (Phi) is 7.36. The Hall–Kier alpha value is -3.53. The van der Waals surface area contributed by atoms with Gasteiger partial charge in [0.25, 0.3) is 0 Å². The number of carbonyl (C=O) groups is 1. The second kappa shape index (κ2) is 10.8. The first-order valence-corrected chi connectivity index (χ1v) is 12.9. The Bertz CT molecular complexity index is 1490. The molecule has 0 spiro atoms. The summed E-state index contributed by atoms with van der Waals surface area (Å²) < 4.78 is 19.2. The van der Waals surface area contributed by atoms with Gasteiger partial charge in [-0.15, -0.1) is 11.3 Å². The standard InChI is InChI=1S/C27H25ClFN5O2S/c1-33(2)10-4-7-24(35)34-13-20-23(14-34)37-27-25(20)26(30-16-31-27)32-19-8-9-22(21(28)12-19)36-15-17-5-3-6-18(29)11-17/h3-9,11-12,16H,10,13-15H2,1-2H3,(H,30,31,32)/b7-4+. The maximum atomic E-state index is 13.4. The summed E-state index contributed by atoms with van der Waals surface area (Å²) in [6, 6.07) is 11.6. The summed E-state index contributed by atoms with van der Waals surface area (Å²) >= 11 is 8.06. The van der Waals surface area contributed by atoms with Crippen LogP contribution >= 0.6 is 22.9 Å². The average molecular weight is 538 g/mol. The van der Waals surface area contributed by atoms with Crippen LogP contribution in [0, 0.1) is 5.82 Å². The van der Waals surface area contributed by atoms with Crippen molar-refractivity contribution in [2.45, 2.75) is 19.7 Å². The normalized spacial score (nSPS) is 13.1. The van der Waals surface area contributed by atoms with Crippen LogP contribution in [0.5, 0.6) is 5.75 Å². The molecular weight excluding hydrogens is 513 g/mol. The summed E-state index contributed by atoms with van der Waals surface area (Å²) in [7, 11) is 3.92.